The van der Waals surface area contributed by atoms with Crippen LogP contribution in [0.25, 0.3) is 0 Å². The molecule has 0 N–H and O–H groups in total. The number of rotatable bonds is 4. The van der Waals surface area contributed by atoms with Crippen LogP contribution in [0, 0.1) is 0 Å². The predicted octanol–water partition coefficient (Wildman–Crippen LogP) is 5.54. The third-order valence-corrected chi connectivity index (χ3v) is 11.0. The summed E-state index contributed by atoms with van der Waals surface area (Å²) in [6.07, 6.45) is 6.97. The van der Waals surface area contributed by atoms with Gasteiger partial charge in [0.25, 0.3) is 0 Å². The maximum absolute atomic E-state index is 6.47. The second-order valence-electron chi connectivity index (χ2n) is 7.19. The van der Waals surface area contributed by atoms with E-state index in [2.05, 4.69) is 64.9 Å². The van der Waals surface area contributed by atoms with E-state index in [1.54, 1.807) is 0 Å². The summed E-state index contributed by atoms with van der Waals surface area (Å²) in [7, 11) is -1.62. The molecule has 1 nitrogen and oxygen atoms in total. The number of allylic oxidation sites excluding steroid dienone is 2. The van der Waals surface area contributed by atoms with Crippen molar-refractivity contribution in [2.24, 2.45) is 0 Å². The summed E-state index contributed by atoms with van der Waals surface area (Å²) in [6, 6.07) is 0. The van der Waals surface area contributed by atoms with E-state index in [0.29, 0.717) is 5.04 Å². The molecule has 0 radical (unpaired) electrons. The van der Waals surface area contributed by atoms with E-state index in [1.165, 1.54) is 17.1 Å². The van der Waals surface area contributed by atoms with Crippen LogP contribution in [0.15, 0.2) is 11.0 Å². The van der Waals surface area contributed by atoms with Gasteiger partial charge in [-0.1, -0.05) is 26.8 Å². The molecule has 0 amide bonds. The van der Waals surface area contributed by atoms with Gasteiger partial charge < -0.3 is 4.43 Å². The van der Waals surface area contributed by atoms with Crippen molar-refractivity contribution >= 4 is 31.8 Å². The monoisotopic (exact) mass is 318 g/mol. The highest BCUT2D eigenvalue weighted by molar-refractivity contribution is 8.03. The van der Waals surface area contributed by atoms with Crippen molar-refractivity contribution in [3.05, 3.63) is 11.0 Å². The molecule has 0 saturated carbocycles. The number of thioether (sulfide) groups is 2. The van der Waals surface area contributed by atoms with Crippen molar-refractivity contribution in [3.63, 3.8) is 0 Å². The summed E-state index contributed by atoms with van der Waals surface area (Å²) < 4.78 is 6.72. The first kappa shape index (κ1) is 17.7. The lowest BCUT2D eigenvalue weighted by Gasteiger charge is -2.39. The lowest BCUT2D eigenvalue weighted by Crippen LogP contribution is -2.44. The van der Waals surface area contributed by atoms with Crippen LogP contribution in [0.4, 0.5) is 0 Å². The van der Waals surface area contributed by atoms with Crippen molar-refractivity contribution in [3.8, 4) is 0 Å². The SMILES string of the molecule is CSC1=CCCS[C@@](C)(CO[Si](C)(C)C(C)(C)C)C1. The molecule has 4 heteroatoms. The Morgan fingerprint density at radius 3 is 2.58 bits per heavy atom. The Bertz CT molecular complexity index is 334. The van der Waals surface area contributed by atoms with Gasteiger partial charge in [0, 0.05) is 11.4 Å². The van der Waals surface area contributed by atoms with Crippen LogP contribution in [0.5, 0.6) is 0 Å². The van der Waals surface area contributed by atoms with E-state index < -0.39 is 8.32 Å². The summed E-state index contributed by atoms with van der Waals surface area (Å²) >= 11 is 3.99. The van der Waals surface area contributed by atoms with E-state index >= 15 is 0 Å². The highest BCUT2D eigenvalue weighted by atomic mass is 32.2. The molecule has 0 aromatic carbocycles. The Morgan fingerprint density at radius 1 is 1.42 bits per heavy atom. The summed E-state index contributed by atoms with van der Waals surface area (Å²) in [4.78, 5) is 1.53. The summed E-state index contributed by atoms with van der Waals surface area (Å²) in [5.41, 5.74) is 0. The fraction of sp³-hybridized carbons (Fsp3) is 0.867. The fourth-order valence-corrected chi connectivity index (χ4v) is 5.00. The zero-order valence-electron chi connectivity index (χ0n) is 13.6. The van der Waals surface area contributed by atoms with E-state index in [1.807, 2.05) is 11.8 Å². The maximum Gasteiger partial charge on any atom is 0.192 e. The molecule has 1 aliphatic heterocycles. The quantitative estimate of drug-likeness (QED) is 0.630. The van der Waals surface area contributed by atoms with Gasteiger partial charge in [-0.3, -0.25) is 0 Å². The van der Waals surface area contributed by atoms with Gasteiger partial charge in [0.15, 0.2) is 8.32 Å². The van der Waals surface area contributed by atoms with Gasteiger partial charge >= 0.3 is 0 Å². The summed E-state index contributed by atoms with van der Waals surface area (Å²) in [5.74, 6) is 1.22. The van der Waals surface area contributed by atoms with Gasteiger partial charge in [0.1, 0.15) is 0 Å². The van der Waals surface area contributed by atoms with Crippen LogP contribution in [-0.4, -0.2) is 31.7 Å². The second-order valence-corrected chi connectivity index (χ2v) is 14.6. The summed E-state index contributed by atoms with van der Waals surface area (Å²) in [5, 5.41) is 0.303. The van der Waals surface area contributed by atoms with Crippen molar-refractivity contribution in [2.75, 3.05) is 18.6 Å². The molecular weight excluding hydrogens is 288 g/mol. The molecular formula is C15H30OS2Si. The largest absolute Gasteiger partial charge is 0.415 e. The molecule has 0 spiro atoms. The predicted molar refractivity (Wildman–Crippen MR) is 94.8 cm³/mol. The van der Waals surface area contributed by atoms with Crippen LogP contribution >= 0.6 is 23.5 Å². The normalized spacial score (nSPS) is 25.9. The molecule has 0 aromatic rings. The Hall–Kier alpha value is 0.617. The zero-order valence-corrected chi connectivity index (χ0v) is 16.3. The first-order valence-electron chi connectivity index (χ1n) is 7.11. The van der Waals surface area contributed by atoms with Gasteiger partial charge in [-0.05, 0) is 54.8 Å². The molecule has 1 atom stereocenters. The van der Waals surface area contributed by atoms with Crippen molar-refractivity contribution in [2.45, 2.75) is 63.4 Å². The standard InChI is InChI=1S/C15H30OS2Si/c1-14(2,3)19(6,7)16-12-15(4)11-13(17-5)9-8-10-18-15/h9H,8,10-12H2,1-7H3/t15-/m1/s1. The molecule has 0 aliphatic carbocycles. The van der Waals surface area contributed by atoms with E-state index in [9.17, 15) is 0 Å². The van der Waals surface area contributed by atoms with Crippen molar-refractivity contribution in [1.29, 1.82) is 0 Å². The molecule has 0 saturated heterocycles. The molecule has 1 aliphatic rings. The molecule has 0 unspecified atom stereocenters. The van der Waals surface area contributed by atoms with Crippen molar-refractivity contribution in [1.82, 2.24) is 0 Å². The Morgan fingerprint density at radius 2 is 2.05 bits per heavy atom. The van der Waals surface area contributed by atoms with Crippen molar-refractivity contribution < 1.29 is 4.43 Å². The zero-order chi connectivity index (χ0) is 14.7. The van der Waals surface area contributed by atoms with Gasteiger partial charge in [-0.15, -0.1) is 11.8 Å². The van der Waals surface area contributed by atoms with E-state index in [4.69, 9.17) is 4.43 Å². The minimum absolute atomic E-state index is 0.251. The lowest BCUT2D eigenvalue weighted by molar-refractivity contribution is 0.255. The molecule has 112 valence electrons. The Kier molecular flexibility index (Phi) is 6.13. The second kappa shape index (κ2) is 6.59. The average molecular weight is 319 g/mol. The van der Waals surface area contributed by atoms with Crippen LogP contribution in [0.3, 0.4) is 0 Å². The van der Waals surface area contributed by atoms with Crippen LogP contribution in [-0.2, 0) is 4.43 Å². The summed E-state index contributed by atoms with van der Waals surface area (Å²) in [6.45, 7) is 14.9. The van der Waals surface area contributed by atoms with Crippen LogP contribution < -0.4 is 0 Å². The van der Waals surface area contributed by atoms with E-state index in [0.717, 1.165) is 13.0 Å². The Labute approximate surface area is 129 Å². The van der Waals surface area contributed by atoms with Gasteiger partial charge in [-0.2, -0.15) is 11.8 Å². The van der Waals surface area contributed by atoms with E-state index in [-0.39, 0.29) is 4.75 Å². The smallest absolute Gasteiger partial charge is 0.192 e. The first-order valence-corrected chi connectivity index (χ1v) is 12.2. The molecule has 1 heterocycles. The first-order chi connectivity index (χ1) is 8.60. The maximum atomic E-state index is 6.47. The highest BCUT2D eigenvalue weighted by Crippen LogP contribution is 2.42. The average Bonchev–Trinajstić information content (AvgIpc) is 2.48. The number of hydrogen-bond acceptors (Lipinski definition) is 3. The molecule has 19 heavy (non-hydrogen) atoms. The highest BCUT2D eigenvalue weighted by Gasteiger charge is 2.39. The minimum Gasteiger partial charge on any atom is -0.415 e. The number of hydrogen-bond donors (Lipinski definition) is 0. The van der Waals surface area contributed by atoms with Crippen LogP contribution in [0.1, 0.15) is 40.5 Å². The lowest BCUT2D eigenvalue weighted by atomic mass is 10.1. The molecule has 0 bridgehead atoms. The molecule has 0 fully saturated rings. The van der Waals surface area contributed by atoms with Gasteiger partial charge in [0.05, 0.1) is 0 Å². The molecule has 0 aromatic heterocycles. The third-order valence-electron chi connectivity index (χ3n) is 4.30. The third kappa shape index (κ3) is 5.14. The van der Waals surface area contributed by atoms with Gasteiger partial charge in [0.2, 0.25) is 0 Å². The topological polar surface area (TPSA) is 9.23 Å². The fourth-order valence-electron chi connectivity index (χ4n) is 1.81. The molecule has 1 rings (SSSR count). The Balaban J connectivity index is 2.67. The van der Waals surface area contributed by atoms with Crippen LogP contribution in [0.2, 0.25) is 18.1 Å². The van der Waals surface area contributed by atoms with Gasteiger partial charge in [-0.25, -0.2) is 0 Å². The minimum atomic E-state index is -1.62.